The van der Waals surface area contributed by atoms with E-state index < -0.39 is 0 Å². The highest BCUT2D eigenvalue weighted by Gasteiger charge is 2.26. The molecule has 222 valence electrons. The molecule has 0 saturated heterocycles. The van der Waals surface area contributed by atoms with Gasteiger partial charge in [-0.05, 0) is 75.5 Å². The van der Waals surface area contributed by atoms with Crippen LogP contribution in [0.3, 0.4) is 0 Å². The fourth-order valence-corrected chi connectivity index (χ4v) is 5.63. The summed E-state index contributed by atoms with van der Waals surface area (Å²) in [4.78, 5) is 36.5. The first kappa shape index (κ1) is 34.8. The first-order chi connectivity index (χ1) is 18.8. The maximum absolute atomic E-state index is 12.4. The van der Waals surface area contributed by atoms with E-state index in [-0.39, 0.29) is 17.6 Å². The minimum absolute atomic E-state index is 0.0127. The number of rotatable bonds is 23. The van der Waals surface area contributed by atoms with Gasteiger partial charge in [-0.1, -0.05) is 84.3 Å². The van der Waals surface area contributed by atoms with Crippen LogP contribution in [0.5, 0.6) is 0 Å². The molecule has 39 heavy (non-hydrogen) atoms. The Bertz CT molecular complexity index is 855. The lowest BCUT2D eigenvalue weighted by Crippen LogP contribution is -2.30. The number of anilines is 1. The quantitative estimate of drug-likeness (QED) is 0.0970. The van der Waals surface area contributed by atoms with E-state index in [1.807, 2.05) is 19.1 Å². The van der Waals surface area contributed by atoms with E-state index in [4.69, 9.17) is 5.73 Å². The van der Waals surface area contributed by atoms with Crippen LogP contribution in [-0.2, 0) is 16.0 Å². The molecule has 6 heteroatoms. The average molecular weight is 544 g/mol. The zero-order valence-electron chi connectivity index (χ0n) is 25.5. The summed E-state index contributed by atoms with van der Waals surface area (Å²) in [6.07, 6.45) is 17.4. The number of nitrogens with two attached hydrogens (primary N) is 1. The van der Waals surface area contributed by atoms with Gasteiger partial charge in [0, 0.05) is 30.6 Å². The molecule has 1 aromatic rings. The molecule has 0 radical (unpaired) electrons. The zero-order valence-corrected chi connectivity index (χ0v) is 25.5. The highest BCUT2D eigenvalue weighted by molar-refractivity contribution is 5.99. The fourth-order valence-electron chi connectivity index (χ4n) is 5.63. The third-order valence-corrected chi connectivity index (χ3v) is 7.97. The molecule has 0 aliphatic rings. The Morgan fingerprint density at radius 2 is 1.41 bits per heavy atom. The predicted octanol–water partition coefficient (Wildman–Crippen LogP) is 7.73. The Morgan fingerprint density at radius 3 is 2.00 bits per heavy atom. The highest BCUT2D eigenvalue weighted by Crippen LogP contribution is 2.35. The predicted molar refractivity (Wildman–Crippen MR) is 164 cm³/mol. The van der Waals surface area contributed by atoms with Gasteiger partial charge in [0.25, 0.3) is 0 Å². The first-order valence-corrected chi connectivity index (χ1v) is 15.7. The number of amides is 2. The molecular formula is C33H57N3O3. The smallest absolute Gasteiger partial charge is 0.224 e. The number of nitrogens with one attached hydrogen (secondary N) is 2. The maximum atomic E-state index is 12.4. The summed E-state index contributed by atoms with van der Waals surface area (Å²) in [5, 5.41) is 6.00. The van der Waals surface area contributed by atoms with Crippen LogP contribution in [0.2, 0.25) is 0 Å². The van der Waals surface area contributed by atoms with Crippen molar-refractivity contribution in [2.75, 3.05) is 18.4 Å². The van der Waals surface area contributed by atoms with Crippen molar-refractivity contribution in [1.82, 2.24) is 5.32 Å². The largest absolute Gasteiger partial charge is 0.356 e. The van der Waals surface area contributed by atoms with Crippen LogP contribution in [0, 0.1) is 5.41 Å². The third kappa shape index (κ3) is 14.1. The van der Waals surface area contributed by atoms with Gasteiger partial charge in [-0.3, -0.25) is 14.4 Å². The molecule has 2 amide bonds. The van der Waals surface area contributed by atoms with Gasteiger partial charge in [0.15, 0.2) is 5.78 Å². The standard InChI is InChI=1S/C33H57N3O3/c1-5-8-9-14-23-33(26-34,22-6-2)24-15-10-12-20-31(38)35-25-16-11-13-21-32(39)36-30-19-17-18-29(27(4)37)28(30)7-3/h17-19H,5-16,20-26,34H2,1-4H3,(H,35,38)(H,36,39). The molecule has 0 aromatic heterocycles. The van der Waals surface area contributed by atoms with Gasteiger partial charge in [-0.2, -0.15) is 0 Å². The molecule has 1 atom stereocenters. The highest BCUT2D eigenvalue weighted by atomic mass is 16.2. The number of Topliss-reactive ketones (excluding diaryl/α,β-unsaturated/α-hetero) is 1. The molecule has 1 aromatic carbocycles. The van der Waals surface area contributed by atoms with Gasteiger partial charge in [-0.25, -0.2) is 0 Å². The summed E-state index contributed by atoms with van der Waals surface area (Å²) in [7, 11) is 0. The van der Waals surface area contributed by atoms with Gasteiger partial charge in [0.1, 0.15) is 0 Å². The zero-order chi connectivity index (χ0) is 28.9. The number of carbonyl (C=O) groups excluding carboxylic acids is 3. The van der Waals surface area contributed by atoms with Crippen molar-refractivity contribution in [2.24, 2.45) is 11.1 Å². The van der Waals surface area contributed by atoms with Gasteiger partial charge in [0.05, 0.1) is 0 Å². The van der Waals surface area contributed by atoms with Crippen molar-refractivity contribution in [1.29, 1.82) is 0 Å². The van der Waals surface area contributed by atoms with E-state index in [0.717, 1.165) is 56.3 Å². The lowest BCUT2D eigenvalue weighted by atomic mass is 9.74. The Balaban J connectivity index is 2.19. The second-order valence-corrected chi connectivity index (χ2v) is 11.3. The van der Waals surface area contributed by atoms with E-state index in [1.54, 1.807) is 13.0 Å². The van der Waals surface area contributed by atoms with Crippen LogP contribution in [-0.4, -0.2) is 30.7 Å². The van der Waals surface area contributed by atoms with Crippen LogP contribution in [0.4, 0.5) is 5.69 Å². The summed E-state index contributed by atoms with van der Waals surface area (Å²) >= 11 is 0. The Kier molecular flexibility index (Phi) is 18.4. The Hall–Kier alpha value is -2.21. The first-order valence-electron chi connectivity index (χ1n) is 15.7. The van der Waals surface area contributed by atoms with Crippen molar-refractivity contribution >= 4 is 23.3 Å². The molecule has 0 bridgehead atoms. The summed E-state index contributed by atoms with van der Waals surface area (Å²) < 4.78 is 0. The second kappa shape index (κ2) is 20.7. The van der Waals surface area contributed by atoms with E-state index in [9.17, 15) is 14.4 Å². The number of benzene rings is 1. The fraction of sp³-hybridized carbons (Fsp3) is 0.727. The van der Waals surface area contributed by atoms with Gasteiger partial charge in [0.2, 0.25) is 11.8 Å². The molecular weight excluding hydrogens is 486 g/mol. The van der Waals surface area contributed by atoms with Gasteiger partial charge >= 0.3 is 0 Å². The van der Waals surface area contributed by atoms with E-state index >= 15 is 0 Å². The van der Waals surface area contributed by atoms with Crippen molar-refractivity contribution in [3.63, 3.8) is 0 Å². The molecule has 0 fully saturated rings. The summed E-state index contributed by atoms with van der Waals surface area (Å²) in [6, 6.07) is 5.47. The lowest BCUT2D eigenvalue weighted by molar-refractivity contribution is -0.121. The molecule has 0 aliphatic carbocycles. The van der Waals surface area contributed by atoms with Crippen molar-refractivity contribution in [2.45, 2.75) is 137 Å². The van der Waals surface area contributed by atoms with E-state index in [0.29, 0.717) is 36.8 Å². The lowest BCUT2D eigenvalue weighted by Gasteiger charge is -2.33. The van der Waals surface area contributed by atoms with E-state index in [2.05, 4.69) is 24.5 Å². The molecule has 0 saturated carbocycles. The Labute approximate surface area is 238 Å². The molecule has 1 rings (SSSR count). The molecule has 0 spiro atoms. The van der Waals surface area contributed by atoms with Gasteiger partial charge in [-0.15, -0.1) is 0 Å². The van der Waals surface area contributed by atoms with E-state index in [1.165, 1.54) is 51.4 Å². The van der Waals surface area contributed by atoms with Crippen molar-refractivity contribution in [3.8, 4) is 0 Å². The van der Waals surface area contributed by atoms with Crippen molar-refractivity contribution in [3.05, 3.63) is 29.3 Å². The number of carbonyl (C=O) groups is 3. The second-order valence-electron chi connectivity index (χ2n) is 11.3. The molecule has 0 heterocycles. The third-order valence-electron chi connectivity index (χ3n) is 7.97. The summed E-state index contributed by atoms with van der Waals surface area (Å²) in [5.74, 6) is 0.107. The van der Waals surface area contributed by atoms with Crippen LogP contribution < -0.4 is 16.4 Å². The summed E-state index contributed by atoms with van der Waals surface area (Å²) in [6.45, 7) is 9.49. The summed E-state index contributed by atoms with van der Waals surface area (Å²) in [5.41, 5.74) is 8.82. The normalized spacial score (nSPS) is 12.6. The molecule has 6 nitrogen and oxygen atoms in total. The number of hydrogen-bond donors (Lipinski definition) is 3. The number of ketones is 1. The molecule has 4 N–H and O–H groups in total. The van der Waals surface area contributed by atoms with Crippen molar-refractivity contribution < 1.29 is 14.4 Å². The van der Waals surface area contributed by atoms with Gasteiger partial charge < -0.3 is 16.4 Å². The average Bonchev–Trinajstić information content (AvgIpc) is 2.92. The Morgan fingerprint density at radius 1 is 0.769 bits per heavy atom. The maximum Gasteiger partial charge on any atom is 0.224 e. The van der Waals surface area contributed by atoms with Crippen LogP contribution >= 0.6 is 0 Å². The molecule has 0 aliphatic heterocycles. The monoisotopic (exact) mass is 543 g/mol. The number of unbranched alkanes of at least 4 members (excludes halogenated alkanes) is 7. The molecule has 1 unspecified atom stereocenters. The number of hydrogen-bond acceptors (Lipinski definition) is 4. The minimum Gasteiger partial charge on any atom is -0.356 e. The minimum atomic E-state index is -0.0343. The van der Waals surface area contributed by atoms with Crippen LogP contribution in [0.1, 0.15) is 146 Å². The topological polar surface area (TPSA) is 101 Å². The van der Waals surface area contributed by atoms with Crippen LogP contribution in [0.15, 0.2) is 18.2 Å². The van der Waals surface area contributed by atoms with Crippen LogP contribution in [0.25, 0.3) is 0 Å². The SMILES string of the molecule is CCCCCCC(CN)(CCC)CCCCCC(=O)NCCCCCC(=O)Nc1cccc(C(C)=O)c1CC.